The van der Waals surface area contributed by atoms with Crippen LogP contribution in [0.3, 0.4) is 0 Å². The van der Waals surface area contributed by atoms with Crippen LogP contribution in [0.25, 0.3) is 11.2 Å². The van der Waals surface area contributed by atoms with Gasteiger partial charge in [-0.05, 0) is 5.10 Å². The van der Waals surface area contributed by atoms with Crippen molar-refractivity contribution in [2.45, 2.75) is 37.9 Å². The van der Waals surface area contributed by atoms with E-state index in [1.54, 1.807) is 34.4 Å². The molecular weight excluding hydrogens is 553 g/mol. The number of imidazole rings is 1. The minimum absolute atomic E-state index is 0.0269. The molecule has 4 rings (SSSR count). The number of nitrogens with zero attached hydrogens (tertiary/aromatic N) is 6. The van der Waals surface area contributed by atoms with E-state index in [-0.39, 0.29) is 6.54 Å². The third-order valence-electron chi connectivity index (χ3n) is 5.16. The Morgan fingerprint density at radius 1 is 1.06 bits per heavy atom. The zero-order chi connectivity index (χ0) is 26.6. The van der Waals surface area contributed by atoms with Gasteiger partial charge in [0.05, 0.1) is 13.2 Å². The second-order valence-electron chi connectivity index (χ2n) is 7.76. The van der Waals surface area contributed by atoms with E-state index < -0.39 is 54.5 Å². The Labute approximate surface area is 201 Å². The van der Waals surface area contributed by atoms with Gasteiger partial charge >= 0.3 is 23.5 Å². The Morgan fingerprint density at radius 3 is 2.39 bits per heavy atom. The van der Waals surface area contributed by atoms with E-state index >= 15 is 0 Å². The summed E-state index contributed by atoms with van der Waals surface area (Å²) >= 11 is 0. The van der Waals surface area contributed by atoms with Gasteiger partial charge in [0.2, 0.25) is 17.0 Å². The summed E-state index contributed by atoms with van der Waals surface area (Å²) in [6.45, 7) is 0.828. The maximum absolute atomic E-state index is 11.9. The summed E-state index contributed by atoms with van der Waals surface area (Å²) in [5.41, 5.74) is 1.12. The number of aliphatic hydroxyl groups is 2. The molecule has 19 nitrogen and oxygen atoms in total. The maximum Gasteiger partial charge on any atom is 0.490 e. The van der Waals surface area contributed by atoms with Gasteiger partial charge in [0.15, 0.2) is 6.33 Å². The SMILES string of the molecule is CC1=NN(C)c2ncnc3c2[n+]1cn3CC1OC(COP(=O)(O)OP(=O)(O)OP(=O)(O)O)C(O)C1O. The molecule has 200 valence electrons. The molecule has 6 unspecified atom stereocenters. The number of ether oxygens (including phenoxy) is 1. The Hall–Kier alpha value is -1.69. The number of aromatic nitrogens is 4. The van der Waals surface area contributed by atoms with Gasteiger partial charge < -0.3 is 34.5 Å². The van der Waals surface area contributed by atoms with Gasteiger partial charge in [0.25, 0.3) is 5.84 Å². The summed E-state index contributed by atoms with van der Waals surface area (Å²) < 4.78 is 54.7. The largest absolute Gasteiger partial charge is 0.490 e. The second-order valence-corrected chi connectivity index (χ2v) is 12.2. The van der Waals surface area contributed by atoms with E-state index in [1.165, 1.54) is 6.33 Å². The van der Waals surface area contributed by atoms with Gasteiger partial charge in [-0.3, -0.25) is 4.52 Å². The molecule has 1 fully saturated rings. The number of hydrogen-bond acceptors (Lipinski definition) is 13. The molecule has 0 amide bonds. The van der Waals surface area contributed by atoms with E-state index in [0.29, 0.717) is 22.8 Å². The molecule has 2 aliphatic heterocycles. The zero-order valence-corrected chi connectivity index (χ0v) is 21.1. The second kappa shape index (κ2) is 9.56. The Balaban J connectivity index is 1.45. The zero-order valence-electron chi connectivity index (χ0n) is 18.4. The predicted molar refractivity (Wildman–Crippen MR) is 115 cm³/mol. The van der Waals surface area contributed by atoms with Crippen molar-refractivity contribution in [1.82, 2.24) is 14.5 Å². The van der Waals surface area contributed by atoms with E-state index in [2.05, 4.69) is 28.2 Å². The average molecular weight is 575 g/mol. The molecule has 2 aliphatic rings. The minimum Gasteiger partial charge on any atom is -0.388 e. The van der Waals surface area contributed by atoms with Crippen molar-refractivity contribution < 1.29 is 65.9 Å². The van der Waals surface area contributed by atoms with E-state index in [0.717, 1.165) is 0 Å². The number of hydrazone groups is 1. The normalized spacial score (nSPS) is 27.7. The predicted octanol–water partition coefficient (Wildman–Crippen LogP) is -1.82. The third-order valence-corrected chi connectivity index (χ3v) is 8.96. The van der Waals surface area contributed by atoms with Crippen LogP contribution in [-0.4, -0.2) is 88.2 Å². The first kappa shape index (κ1) is 27.3. The van der Waals surface area contributed by atoms with Crippen molar-refractivity contribution >= 4 is 46.3 Å². The van der Waals surface area contributed by atoms with Crippen LogP contribution in [0.1, 0.15) is 6.92 Å². The van der Waals surface area contributed by atoms with Crippen molar-refractivity contribution in [2.75, 3.05) is 18.7 Å². The highest BCUT2D eigenvalue weighted by Gasteiger charge is 2.46. The highest BCUT2D eigenvalue weighted by molar-refractivity contribution is 7.66. The smallest absolute Gasteiger partial charge is 0.388 e. The molecule has 6 N–H and O–H groups in total. The van der Waals surface area contributed by atoms with E-state index in [9.17, 15) is 33.7 Å². The standard InChI is InChI=1S/C14H21N6O13P3/c1-7-17-18(2)13-10-14(16-5-15-13)19(6-20(7)10)3-8-11(21)12(22)9(31-8)4-30-35(26,27)33-36(28,29)32-34(23,24)25/h5-6,8-9,11-12,21-22H,3-4H2,1-2H3,(H3-,23,24,25,26,27,28,29)/p+1. The first-order valence-electron chi connectivity index (χ1n) is 9.92. The number of phosphoric acid groups is 3. The quantitative estimate of drug-likeness (QED) is 0.142. The summed E-state index contributed by atoms with van der Waals surface area (Å²) in [5.74, 6) is 1.15. The van der Waals surface area contributed by atoms with Crippen LogP contribution < -0.4 is 9.58 Å². The molecule has 0 saturated carbocycles. The summed E-state index contributed by atoms with van der Waals surface area (Å²) in [5, 5.41) is 26.7. The lowest BCUT2D eigenvalue weighted by molar-refractivity contribution is -0.529. The number of rotatable bonds is 9. The summed E-state index contributed by atoms with van der Waals surface area (Å²) in [4.78, 5) is 44.4. The van der Waals surface area contributed by atoms with Crippen LogP contribution in [-0.2, 0) is 38.1 Å². The Bertz CT molecular complexity index is 1350. The number of anilines is 1. The fraction of sp³-hybridized carbons (Fsp3) is 0.571. The maximum atomic E-state index is 11.9. The van der Waals surface area contributed by atoms with Gasteiger partial charge in [-0.15, -0.1) is 0 Å². The molecule has 0 aliphatic carbocycles. The van der Waals surface area contributed by atoms with Crippen molar-refractivity contribution in [3.05, 3.63) is 12.7 Å². The Morgan fingerprint density at radius 2 is 1.72 bits per heavy atom. The van der Waals surface area contributed by atoms with Crippen LogP contribution in [0.5, 0.6) is 0 Å². The number of hydrogen-bond donors (Lipinski definition) is 6. The first-order chi connectivity index (χ1) is 16.6. The van der Waals surface area contributed by atoms with Crippen LogP contribution in [0.15, 0.2) is 17.8 Å². The average Bonchev–Trinajstić information content (AvgIpc) is 3.22. The fourth-order valence-electron chi connectivity index (χ4n) is 3.75. The van der Waals surface area contributed by atoms with Crippen molar-refractivity contribution in [2.24, 2.45) is 5.10 Å². The van der Waals surface area contributed by atoms with Crippen LogP contribution in [0.2, 0.25) is 0 Å². The molecule has 0 bridgehead atoms. The topological polar surface area (TPSA) is 260 Å². The molecule has 4 heterocycles. The van der Waals surface area contributed by atoms with E-state index in [1.807, 2.05) is 0 Å². The van der Waals surface area contributed by atoms with Gasteiger partial charge in [0.1, 0.15) is 30.7 Å². The van der Waals surface area contributed by atoms with Crippen LogP contribution in [0.4, 0.5) is 5.82 Å². The van der Waals surface area contributed by atoms with E-state index in [4.69, 9.17) is 14.5 Å². The highest BCUT2D eigenvalue weighted by Crippen LogP contribution is 2.66. The van der Waals surface area contributed by atoms with Gasteiger partial charge in [-0.25, -0.2) is 28.2 Å². The molecule has 22 heteroatoms. The summed E-state index contributed by atoms with van der Waals surface area (Å²) in [6.07, 6.45) is -2.54. The monoisotopic (exact) mass is 575 g/mol. The van der Waals surface area contributed by atoms with Crippen LogP contribution in [0, 0.1) is 0 Å². The minimum atomic E-state index is -5.70. The lowest BCUT2D eigenvalue weighted by Gasteiger charge is -2.19. The first-order valence-corrected chi connectivity index (χ1v) is 14.4. The molecule has 0 spiro atoms. The lowest BCUT2D eigenvalue weighted by atomic mass is 10.1. The summed E-state index contributed by atoms with van der Waals surface area (Å²) in [7, 11) is -15.0. The summed E-state index contributed by atoms with van der Waals surface area (Å²) in [6, 6.07) is 0. The van der Waals surface area contributed by atoms with Crippen LogP contribution >= 0.6 is 23.5 Å². The van der Waals surface area contributed by atoms with Gasteiger partial charge in [-0.2, -0.15) is 18.2 Å². The molecule has 0 aromatic carbocycles. The molecule has 6 atom stereocenters. The molecule has 2 aromatic rings. The molecule has 36 heavy (non-hydrogen) atoms. The van der Waals surface area contributed by atoms with Crippen molar-refractivity contribution in [3.8, 4) is 0 Å². The van der Waals surface area contributed by atoms with Gasteiger partial charge in [0, 0.05) is 14.0 Å². The fourth-order valence-corrected chi connectivity index (χ4v) is 6.78. The molecule has 0 radical (unpaired) electrons. The van der Waals surface area contributed by atoms with Crippen molar-refractivity contribution in [1.29, 1.82) is 0 Å². The third kappa shape index (κ3) is 5.74. The molecular formula is C14H22N6O13P3+. The number of aliphatic hydroxyl groups excluding tert-OH is 2. The highest BCUT2D eigenvalue weighted by atomic mass is 31.3. The molecule has 1 saturated heterocycles. The Kier molecular flexibility index (Phi) is 7.26. The number of phosphoric ester groups is 1. The lowest BCUT2D eigenvalue weighted by Crippen LogP contribution is -2.45. The van der Waals surface area contributed by atoms with Gasteiger partial charge in [-0.1, -0.05) is 0 Å². The molecule has 2 aromatic heterocycles. The van der Waals surface area contributed by atoms with Crippen molar-refractivity contribution in [3.63, 3.8) is 0 Å².